The Hall–Kier alpha value is -2.05. The van der Waals surface area contributed by atoms with Crippen LogP contribution in [0.25, 0.3) is 0 Å². The largest absolute Gasteiger partial charge is 0.496 e. The molecule has 0 amide bonds. The SMILES string of the molecule is COc1ccccc1C(c1ccccc1C(F)(F)F)N1CCNCC1. The number of alkyl halides is 3. The van der Waals surface area contributed by atoms with Crippen LogP contribution >= 0.6 is 0 Å². The first-order chi connectivity index (χ1) is 12.0. The van der Waals surface area contributed by atoms with Crippen molar-refractivity contribution >= 4 is 0 Å². The van der Waals surface area contributed by atoms with Gasteiger partial charge in [0.05, 0.1) is 18.7 Å². The number of piperazine rings is 1. The molecule has 1 saturated heterocycles. The van der Waals surface area contributed by atoms with Gasteiger partial charge in [-0.15, -0.1) is 0 Å². The first-order valence-electron chi connectivity index (χ1n) is 8.26. The van der Waals surface area contributed by atoms with Gasteiger partial charge in [-0.2, -0.15) is 13.2 Å². The van der Waals surface area contributed by atoms with E-state index in [1.807, 2.05) is 18.2 Å². The van der Waals surface area contributed by atoms with Gasteiger partial charge in [0.15, 0.2) is 0 Å². The van der Waals surface area contributed by atoms with Gasteiger partial charge >= 0.3 is 6.18 Å². The second kappa shape index (κ2) is 7.45. The Morgan fingerprint density at radius 3 is 2.20 bits per heavy atom. The summed E-state index contributed by atoms with van der Waals surface area (Å²) in [6.07, 6.45) is -4.40. The Balaban J connectivity index is 2.16. The van der Waals surface area contributed by atoms with Crippen molar-refractivity contribution in [2.45, 2.75) is 12.2 Å². The molecule has 1 atom stereocenters. The summed E-state index contributed by atoms with van der Waals surface area (Å²) in [6.45, 7) is 2.85. The van der Waals surface area contributed by atoms with Crippen LogP contribution in [0.1, 0.15) is 22.7 Å². The van der Waals surface area contributed by atoms with Crippen LogP contribution in [0.3, 0.4) is 0 Å². The number of halogens is 3. The molecule has 0 bridgehead atoms. The molecule has 25 heavy (non-hydrogen) atoms. The van der Waals surface area contributed by atoms with Gasteiger partial charge in [0, 0.05) is 31.7 Å². The number of hydrogen-bond acceptors (Lipinski definition) is 3. The first-order valence-corrected chi connectivity index (χ1v) is 8.26. The van der Waals surface area contributed by atoms with E-state index in [-0.39, 0.29) is 5.56 Å². The smallest absolute Gasteiger partial charge is 0.416 e. The molecule has 0 spiro atoms. The normalized spacial score (nSPS) is 17.3. The highest BCUT2D eigenvalue weighted by Gasteiger charge is 2.37. The van der Waals surface area contributed by atoms with Gasteiger partial charge in [-0.25, -0.2) is 0 Å². The van der Waals surface area contributed by atoms with E-state index in [4.69, 9.17) is 4.74 Å². The predicted molar refractivity (Wildman–Crippen MR) is 90.7 cm³/mol. The zero-order valence-electron chi connectivity index (χ0n) is 14.0. The lowest BCUT2D eigenvalue weighted by molar-refractivity contribution is -0.138. The second-order valence-electron chi connectivity index (χ2n) is 6.02. The third-order valence-corrected chi connectivity index (χ3v) is 4.51. The van der Waals surface area contributed by atoms with Gasteiger partial charge in [-0.3, -0.25) is 4.90 Å². The summed E-state index contributed by atoms with van der Waals surface area (Å²) in [6, 6.07) is 12.6. The number of methoxy groups -OCH3 is 1. The van der Waals surface area contributed by atoms with Crippen molar-refractivity contribution < 1.29 is 17.9 Å². The van der Waals surface area contributed by atoms with Crippen molar-refractivity contribution in [3.63, 3.8) is 0 Å². The summed E-state index contributed by atoms with van der Waals surface area (Å²) in [5, 5.41) is 3.25. The van der Waals surface area contributed by atoms with Crippen molar-refractivity contribution in [2.24, 2.45) is 0 Å². The van der Waals surface area contributed by atoms with Crippen molar-refractivity contribution in [3.05, 3.63) is 65.2 Å². The number of ether oxygens (including phenoxy) is 1. The first kappa shape index (κ1) is 17.8. The molecule has 2 aromatic carbocycles. The summed E-state index contributed by atoms with van der Waals surface area (Å²) in [7, 11) is 1.54. The van der Waals surface area contributed by atoms with Crippen LogP contribution in [0.15, 0.2) is 48.5 Å². The van der Waals surface area contributed by atoms with Crippen molar-refractivity contribution in [3.8, 4) is 5.75 Å². The van der Waals surface area contributed by atoms with E-state index >= 15 is 0 Å². The third kappa shape index (κ3) is 3.80. The molecule has 3 nitrogen and oxygen atoms in total. The van der Waals surface area contributed by atoms with Gasteiger partial charge in [-0.05, 0) is 17.7 Å². The maximum atomic E-state index is 13.6. The summed E-state index contributed by atoms with van der Waals surface area (Å²) >= 11 is 0. The van der Waals surface area contributed by atoms with Crippen LogP contribution in [0.5, 0.6) is 5.75 Å². The van der Waals surface area contributed by atoms with E-state index in [1.165, 1.54) is 6.07 Å². The quantitative estimate of drug-likeness (QED) is 0.910. The minimum atomic E-state index is -4.40. The average molecular weight is 350 g/mol. The number of rotatable bonds is 4. The van der Waals surface area contributed by atoms with Crippen molar-refractivity contribution in [2.75, 3.05) is 33.3 Å². The monoisotopic (exact) mass is 350 g/mol. The molecule has 0 radical (unpaired) electrons. The Morgan fingerprint density at radius 2 is 1.56 bits per heavy atom. The standard InChI is InChI=1S/C19H21F3N2O/c1-25-17-9-5-3-7-15(17)18(24-12-10-23-11-13-24)14-6-2-4-8-16(14)19(20,21)22/h2-9,18,23H,10-13H2,1H3. The third-order valence-electron chi connectivity index (χ3n) is 4.51. The van der Waals surface area contributed by atoms with Crippen LogP contribution in [-0.4, -0.2) is 38.2 Å². The van der Waals surface area contributed by atoms with Crippen LogP contribution in [0, 0.1) is 0 Å². The van der Waals surface area contributed by atoms with E-state index in [9.17, 15) is 13.2 Å². The average Bonchev–Trinajstić information content (AvgIpc) is 2.63. The lowest BCUT2D eigenvalue weighted by Gasteiger charge is -2.37. The molecule has 1 fully saturated rings. The number of para-hydroxylation sites is 1. The highest BCUT2D eigenvalue weighted by molar-refractivity contribution is 5.45. The molecule has 1 unspecified atom stereocenters. The summed E-state index contributed by atoms with van der Waals surface area (Å²) in [5.41, 5.74) is 0.425. The fourth-order valence-electron chi connectivity index (χ4n) is 3.39. The number of nitrogens with one attached hydrogen (secondary N) is 1. The van der Waals surface area contributed by atoms with E-state index in [2.05, 4.69) is 10.2 Å². The molecule has 3 rings (SSSR count). The molecule has 134 valence electrons. The minimum absolute atomic E-state index is 0.265. The zero-order chi connectivity index (χ0) is 17.9. The molecule has 2 aromatic rings. The van der Waals surface area contributed by atoms with Gasteiger partial charge in [0.1, 0.15) is 5.75 Å². The molecule has 1 aliphatic heterocycles. The topological polar surface area (TPSA) is 24.5 Å². The molecular weight excluding hydrogens is 329 g/mol. The van der Waals surface area contributed by atoms with E-state index < -0.39 is 17.8 Å². The summed E-state index contributed by atoms with van der Waals surface area (Å²) in [4.78, 5) is 2.08. The van der Waals surface area contributed by atoms with Gasteiger partial charge in [0.2, 0.25) is 0 Å². The summed E-state index contributed by atoms with van der Waals surface area (Å²) < 4.78 is 46.3. The number of benzene rings is 2. The molecule has 1 aliphatic rings. The molecule has 6 heteroatoms. The maximum absolute atomic E-state index is 13.6. The Morgan fingerprint density at radius 1 is 0.960 bits per heavy atom. The fourth-order valence-corrected chi connectivity index (χ4v) is 3.39. The summed E-state index contributed by atoms with van der Waals surface area (Å²) in [5.74, 6) is 0.600. The number of hydrogen-bond donors (Lipinski definition) is 1. The molecule has 1 N–H and O–H groups in total. The predicted octanol–water partition coefficient (Wildman–Crippen LogP) is 3.71. The number of nitrogens with zero attached hydrogens (tertiary/aromatic N) is 1. The van der Waals surface area contributed by atoms with Crippen LogP contribution in [0.2, 0.25) is 0 Å². The highest BCUT2D eigenvalue weighted by Crippen LogP contribution is 2.41. The van der Waals surface area contributed by atoms with E-state index in [0.29, 0.717) is 18.8 Å². The van der Waals surface area contributed by atoms with Crippen molar-refractivity contribution in [1.29, 1.82) is 0 Å². The lowest BCUT2D eigenvalue weighted by Crippen LogP contribution is -2.45. The molecule has 1 heterocycles. The maximum Gasteiger partial charge on any atom is 0.416 e. The molecule has 0 saturated carbocycles. The van der Waals surface area contributed by atoms with Gasteiger partial charge < -0.3 is 10.1 Å². The molecular formula is C19H21F3N2O. The van der Waals surface area contributed by atoms with Crippen molar-refractivity contribution in [1.82, 2.24) is 10.2 Å². The van der Waals surface area contributed by atoms with E-state index in [1.54, 1.807) is 25.3 Å². The van der Waals surface area contributed by atoms with Crippen LogP contribution in [0.4, 0.5) is 13.2 Å². The van der Waals surface area contributed by atoms with Crippen LogP contribution in [-0.2, 0) is 6.18 Å². The van der Waals surface area contributed by atoms with Gasteiger partial charge in [-0.1, -0.05) is 36.4 Å². The zero-order valence-corrected chi connectivity index (χ0v) is 14.0. The minimum Gasteiger partial charge on any atom is -0.496 e. The fraction of sp³-hybridized carbons (Fsp3) is 0.368. The Bertz CT molecular complexity index is 712. The van der Waals surface area contributed by atoms with Gasteiger partial charge in [0.25, 0.3) is 0 Å². The van der Waals surface area contributed by atoms with Crippen LogP contribution < -0.4 is 10.1 Å². The van der Waals surface area contributed by atoms with E-state index in [0.717, 1.165) is 24.7 Å². The highest BCUT2D eigenvalue weighted by atomic mass is 19.4. The Kier molecular flexibility index (Phi) is 5.30. The lowest BCUT2D eigenvalue weighted by atomic mass is 9.91. The molecule has 0 aliphatic carbocycles. The Labute approximate surface area is 145 Å². The second-order valence-corrected chi connectivity index (χ2v) is 6.02. The molecule has 0 aromatic heterocycles.